The fourth-order valence-electron chi connectivity index (χ4n) is 9.29. The number of hydrogen-bond donors (Lipinski definition) is 0. The third-order valence-electron chi connectivity index (χ3n) is 14.3. The molecule has 0 aromatic rings. The van der Waals surface area contributed by atoms with E-state index in [2.05, 4.69) is 118 Å². The molecular weight excluding hydrogens is 973 g/mol. The Morgan fingerprint density at radius 3 is 0.861 bits per heavy atom. The van der Waals surface area contributed by atoms with E-state index in [0.717, 1.165) is 103 Å². The van der Waals surface area contributed by atoms with Crippen LogP contribution < -0.4 is 0 Å². The third kappa shape index (κ3) is 64.8. The van der Waals surface area contributed by atoms with Gasteiger partial charge >= 0.3 is 17.9 Å². The molecule has 0 aromatic heterocycles. The van der Waals surface area contributed by atoms with Gasteiger partial charge in [-0.3, -0.25) is 14.4 Å². The second-order valence-corrected chi connectivity index (χ2v) is 22.0. The monoisotopic (exact) mass is 1100 g/mol. The van der Waals surface area contributed by atoms with Crippen LogP contribution >= 0.6 is 0 Å². The van der Waals surface area contributed by atoms with E-state index in [9.17, 15) is 14.4 Å². The van der Waals surface area contributed by atoms with E-state index in [1.807, 2.05) is 6.08 Å². The van der Waals surface area contributed by atoms with E-state index >= 15 is 0 Å². The molecule has 6 nitrogen and oxygen atoms in total. The smallest absolute Gasteiger partial charge is 0.310 e. The van der Waals surface area contributed by atoms with Crippen molar-refractivity contribution in [3.05, 3.63) is 109 Å². The Balaban J connectivity index is 4.26. The zero-order chi connectivity index (χ0) is 57.1. The first kappa shape index (κ1) is 75.1. The van der Waals surface area contributed by atoms with Crippen molar-refractivity contribution >= 4 is 17.9 Å². The molecule has 0 heterocycles. The van der Waals surface area contributed by atoms with Gasteiger partial charge in [-0.15, -0.1) is 0 Å². The Hall–Kier alpha value is -3.93. The normalized spacial score (nSPS) is 12.8. The van der Waals surface area contributed by atoms with Crippen molar-refractivity contribution in [2.45, 2.75) is 322 Å². The number of carbonyl (C=O) groups is 3. The molecule has 0 aliphatic heterocycles. The van der Waals surface area contributed by atoms with Gasteiger partial charge in [0.25, 0.3) is 0 Å². The third-order valence-corrected chi connectivity index (χ3v) is 14.3. The van der Waals surface area contributed by atoms with Crippen LogP contribution in [0.1, 0.15) is 316 Å². The van der Waals surface area contributed by atoms with Crippen molar-refractivity contribution in [3.63, 3.8) is 0 Å². The lowest BCUT2D eigenvalue weighted by Crippen LogP contribution is -2.30. The van der Waals surface area contributed by atoms with Crippen molar-refractivity contribution in [1.29, 1.82) is 0 Å². The maximum absolute atomic E-state index is 12.8. The molecule has 0 aliphatic carbocycles. The minimum Gasteiger partial charge on any atom is -0.462 e. The summed E-state index contributed by atoms with van der Waals surface area (Å²) in [5.74, 6) is -1.06. The highest BCUT2D eigenvalue weighted by atomic mass is 16.6. The van der Waals surface area contributed by atoms with E-state index in [1.54, 1.807) is 6.08 Å². The van der Waals surface area contributed by atoms with Gasteiger partial charge < -0.3 is 14.2 Å². The topological polar surface area (TPSA) is 78.9 Å². The lowest BCUT2D eigenvalue weighted by Gasteiger charge is -2.18. The first-order chi connectivity index (χ1) is 39.0. The molecule has 79 heavy (non-hydrogen) atoms. The van der Waals surface area contributed by atoms with Crippen LogP contribution in [0.25, 0.3) is 0 Å². The fraction of sp³-hybridized carbons (Fsp3) is 0.712. The van der Waals surface area contributed by atoms with Crippen LogP contribution in [0.3, 0.4) is 0 Å². The summed E-state index contributed by atoms with van der Waals surface area (Å²) in [6.45, 7) is 6.42. The molecule has 0 fully saturated rings. The zero-order valence-corrected chi connectivity index (χ0v) is 51.9. The van der Waals surface area contributed by atoms with Gasteiger partial charge in [-0.1, -0.05) is 297 Å². The summed E-state index contributed by atoms with van der Waals surface area (Å²) in [5, 5.41) is 0. The molecule has 0 aliphatic rings. The van der Waals surface area contributed by atoms with E-state index < -0.39 is 12.1 Å². The molecule has 0 spiro atoms. The number of hydrogen-bond acceptors (Lipinski definition) is 6. The van der Waals surface area contributed by atoms with Gasteiger partial charge in [0.15, 0.2) is 6.10 Å². The Bertz CT molecular complexity index is 1590. The number of allylic oxidation sites excluding steroid dienone is 17. The van der Waals surface area contributed by atoms with Crippen LogP contribution in [0.4, 0.5) is 0 Å². The van der Waals surface area contributed by atoms with Crippen LogP contribution in [0, 0.1) is 0 Å². The zero-order valence-electron chi connectivity index (χ0n) is 51.9. The summed E-state index contributed by atoms with van der Waals surface area (Å²) >= 11 is 0. The maximum Gasteiger partial charge on any atom is 0.310 e. The molecule has 0 saturated heterocycles. The quantitative estimate of drug-likeness (QED) is 0.0261. The highest BCUT2D eigenvalue weighted by molar-refractivity contribution is 5.72. The molecule has 0 N–H and O–H groups in total. The van der Waals surface area contributed by atoms with E-state index in [1.165, 1.54) is 173 Å². The standard InChI is InChI=1S/C73H124O6/c1-4-7-10-13-16-19-22-25-28-29-30-31-32-33-34-35-36-37-38-39-40-41-42-43-46-48-51-54-57-60-63-66-72(75)78-69-70(79-73(76)67-64-61-58-55-52-49-45-27-24-21-18-15-12-9-6-3)68-77-71(74)65-62-59-56-53-50-47-44-26-23-20-17-14-11-8-5-2/h9,12,17-18,20-22,25-27,29-30,44-45,52,55,61,64,70H,4-8,10-11,13-16,19,23-24,28,31-43,46-51,53-54,56-60,62-63,65-69H2,1-3H3/b12-9-,20-17-,21-18-,25-22-,30-29-,44-26-,45-27-,55-52-,64-61-. The lowest BCUT2D eigenvalue weighted by atomic mass is 10.0. The van der Waals surface area contributed by atoms with Crippen LogP contribution in [0.5, 0.6) is 0 Å². The summed E-state index contributed by atoms with van der Waals surface area (Å²) in [7, 11) is 0. The number of rotatable bonds is 60. The molecular formula is C73H124O6. The van der Waals surface area contributed by atoms with Crippen molar-refractivity contribution in [2.24, 2.45) is 0 Å². The largest absolute Gasteiger partial charge is 0.462 e. The summed E-state index contributed by atoms with van der Waals surface area (Å²) in [5.41, 5.74) is 0. The SMILES string of the molecule is CC/C=C\C/C=C\C/C=C\C/C=C\C/C=C\CC(=O)OC(COC(=O)CCCCCCC/C=C\C/C=C\CCCCC)COC(=O)CCCCCCCCCCCCCCCCCCCCC/C=C\C/C=C\CCCCCCC. The Kier molecular flexibility index (Phi) is 63.3. The van der Waals surface area contributed by atoms with Crippen molar-refractivity contribution in [3.8, 4) is 0 Å². The van der Waals surface area contributed by atoms with Gasteiger partial charge in [0, 0.05) is 12.8 Å². The summed E-state index contributed by atoms with van der Waals surface area (Å²) in [4.78, 5) is 38.2. The van der Waals surface area contributed by atoms with Crippen molar-refractivity contribution < 1.29 is 28.6 Å². The molecule has 0 rings (SSSR count). The van der Waals surface area contributed by atoms with Crippen LogP contribution in [-0.2, 0) is 28.6 Å². The highest BCUT2D eigenvalue weighted by Gasteiger charge is 2.19. The van der Waals surface area contributed by atoms with Crippen molar-refractivity contribution in [2.75, 3.05) is 13.2 Å². The Morgan fingerprint density at radius 2 is 0.532 bits per heavy atom. The van der Waals surface area contributed by atoms with Gasteiger partial charge in [-0.05, 0) is 109 Å². The summed E-state index contributed by atoms with van der Waals surface area (Å²) < 4.78 is 16.8. The average molecular weight is 1100 g/mol. The predicted octanol–water partition coefficient (Wildman–Crippen LogP) is 23.0. The molecule has 0 saturated carbocycles. The number of unbranched alkanes of at least 4 members (excludes halogenated alkanes) is 32. The van der Waals surface area contributed by atoms with Crippen LogP contribution in [-0.4, -0.2) is 37.2 Å². The van der Waals surface area contributed by atoms with Gasteiger partial charge in [0.2, 0.25) is 0 Å². The fourth-order valence-corrected chi connectivity index (χ4v) is 9.29. The minimum absolute atomic E-state index is 0.0927. The molecule has 6 heteroatoms. The van der Waals surface area contributed by atoms with Gasteiger partial charge in [0.05, 0.1) is 6.42 Å². The molecule has 0 amide bonds. The Labute approximate surface area is 489 Å². The molecule has 1 unspecified atom stereocenters. The summed E-state index contributed by atoms with van der Waals surface area (Å²) in [6, 6.07) is 0. The number of esters is 3. The maximum atomic E-state index is 12.8. The number of ether oxygens (including phenoxy) is 3. The first-order valence-corrected chi connectivity index (χ1v) is 33.4. The van der Waals surface area contributed by atoms with E-state index in [0.29, 0.717) is 12.8 Å². The first-order valence-electron chi connectivity index (χ1n) is 33.4. The lowest BCUT2D eigenvalue weighted by molar-refractivity contribution is -0.166. The van der Waals surface area contributed by atoms with Gasteiger partial charge in [-0.25, -0.2) is 0 Å². The Morgan fingerprint density at radius 1 is 0.278 bits per heavy atom. The predicted molar refractivity (Wildman–Crippen MR) is 343 cm³/mol. The summed E-state index contributed by atoms with van der Waals surface area (Å²) in [6.07, 6.45) is 91.5. The van der Waals surface area contributed by atoms with Crippen molar-refractivity contribution in [1.82, 2.24) is 0 Å². The second kappa shape index (κ2) is 66.6. The second-order valence-electron chi connectivity index (χ2n) is 22.0. The van der Waals surface area contributed by atoms with Gasteiger partial charge in [0.1, 0.15) is 13.2 Å². The molecule has 0 radical (unpaired) electrons. The minimum atomic E-state index is -0.840. The molecule has 0 aromatic carbocycles. The number of carbonyl (C=O) groups excluding carboxylic acids is 3. The molecule has 1 atom stereocenters. The van der Waals surface area contributed by atoms with Gasteiger partial charge in [-0.2, -0.15) is 0 Å². The van der Waals surface area contributed by atoms with Crippen LogP contribution in [0.15, 0.2) is 109 Å². The molecule has 0 bridgehead atoms. The van der Waals surface area contributed by atoms with E-state index in [-0.39, 0.29) is 31.6 Å². The highest BCUT2D eigenvalue weighted by Crippen LogP contribution is 2.17. The average Bonchev–Trinajstić information content (AvgIpc) is 3.45. The molecule has 452 valence electrons. The van der Waals surface area contributed by atoms with Crippen LogP contribution in [0.2, 0.25) is 0 Å². The van der Waals surface area contributed by atoms with E-state index in [4.69, 9.17) is 14.2 Å².